The van der Waals surface area contributed by atoms with Crippen molar-refractivity contribution in [1.29, 1.82) is 5.26 Å². The quantitative estimate of drug-likeness (QED) is 0.515. The molecular formula is C6H14N2. The number of hydrogen-bond donors (Lipinski definition) is 1. The van der Waals surface area contributed by atoms with Gasteiger partial charge in [0.15, 0.2) is 0 Å². The first-order valence-electron chi connectivity index (χ1n) is 2.77. The molecule has 0 amide bonds. The minimum Gasteiger partial charge on any atom is -0.328 e. The summed E-state index contributed by atoms with van der Waals surface area (Å²) in [5.41, 5.74) is 5.11. The summed E-state index contributed by atoms with van der Waals surface area (Å²) in [7, 11) is 0. The van der Waals surface area contributed by atoms with Gasteiger partial charge in [-0.05, 0) is 6.04 Å². The van der Waals surface area contributed by atoms with Gasteiger partial charge in [-0.3, -0.25) is 0 Å². The van der Waals surface area contributed by atoms with Gasteiger partial charge >= 0.3 is 0 Å². The molecule has 48 valence electrons. The zero-order valence-electron chi connectivity index (χ0n) is 5.81. The largest absolute Gasteiger partial charge is 0.328 e. The molecule has 0 saturated carbocycles. The highest BCUT2D eigenvalue weighted by Gasteiger charge is 1.67. The lowest BCUT2D eigenvalue weighted by molar-refractivity contribution is 0.834. The molecule has 8 heavy (non-hydrogen) atoms. The summed E-state index contributed by atoms with van der Waals surface area (Å²) < 4.78 is 0. The van der Waals surface area contributed by atoms with Crippen molar-refractivity contribution in [2.75, 3.05) is 0 Å². The minimum atomic E-state index is 0.333. The van der Waals surface area contributed by atoms with Crippen LogP contribution in [0, 0.1) is 11.3 Å². The second-order valence-electron chi connectivity index (χ2n) is 1.76. The van der Waals surface area contributed by atoms with E-state index in [4.69, 9.17) is 11.0 Å². The van der Waals surface area contributed by atoms with Crippen molar-refractivity contribution in [3.05, 3.63) is 0 Å². The maximum atomic E-state index is 7.62. The molecular weight excluding hydrogens is 100 g/mol. The molecule has 2 heteroatoms. The lowest BCUT2D eigenvalue weighted by Gasteiger charge is -1.81. The molecule has 0 aliphatic heterocycles. The second kappa shape index (κ2) is 9.67. The standard InChI is InChI=1S/C3H9N.C3H5N/c1-3(2)4;1-2-3-4/h3H,4H2,1-2H3;2H2,1H3. The Morgan fingerprint density at radius 2 is 1.75 bits per heavy atom. The van der Waals surface area contributed by atoms with Crippen LogP contribution in [-0.4, -0.2) is 6.04 Å². The van der Waals surface area contributed by atoms with Gasteiger partial charge in [0.05, 0.1) is 6.07 Å². The third kappa shape index (κ3) is 533. The zero-order valence-corrected chi connectivity index (χ0v) is 5.81. The van der Waals surface area contributed by atoms with E-state index in [1.165, 1.54) is 0 Å². The van der Waals surface area contributed by atoms with Crippen LogP contribution in [0.25, 0.3) is 0 Å². The lowest BCUT2D eigenvalue weighted by Crippen LogP contribution is -2.06. The van der Waals surface area contributed by atoms with Crippen molar-refractivity contribution < 1.29 is 0 Å². The number of nitrogens with two attached hydrogens (primary N) is 1. The molecule has 0 spiro atoms. The Balaban J connectivity index is 0. The van der Waals surface area contributed by atoms with Gasteiger partial charge in [0, 0.05) is 6.42 Å². The monoisotopic (exact) mass is 114 g/mol. The Labute approximate surface area is 51.3 Å². The number of hydrogen-bond acceptors (Lipinski definition) is 2. The Morgan fingerprint density at radius 1 is 1.62 bits per heavy atom. The number of rotatable bonds is 0. The van der Waals surface area contributed by atoms with Crippen LogP contribution in [0.5, 0.6) is 0 Å². The van der Waals surface area contributed by atoms with Gasteiger partial charge in [0.25, 0.3) is 0 Å². The van der Waals surface area contributed by atoms with Gasteiger partial charge in [0.2, 0.25) is 0 Å². The molecule has 0 fully saturated rings. The summed E-state index contributed by atoms with van der Waals surface area (Å²) >= 11 is 0. The molecule has 0 unspecified atom stereocenters. The van der Waals surface area contributed by atoms with Crippen LogP contribution in [0.3, 0.4) is 0 Å². The summed E-state index contributed by atoms with van der Waals surface area (Å²) in [6, 6.07) is 2.26. The summed E-state index contributed by atoms with van der Waals surface area (Å²) in [5, 5.41) is 7.62. The minimum absolute atomic E-state index is 0.333. The van der Waals surface area contributed by atoms with Crippen molar-refractivity contribution in [2.24, 2.45) is 5.73 Å². The average Bonchev–Trinajstić information content (AvgIpc) is 1.65. The van der Waals surface area contributed by atoms with Gasteiger partial charge in [-0.1, -0.05) is 20.8 Å². The van der Waals surface area contributed by atoms with E-state index in [1.807, 2.05) is 26.8 Å². The molecule has 0 aromatic heterocycles. The van der Waals surface area contributed by atoms with Crippen molar-refractivity contribution in [3.63, 3.8) is 0 Å². The molecule has 0 bridgehead atoms. The molecule has 0 radical (unpaired) electrons. The maximum Gasteiger partial charge on any atom is 0.0618 e. The molecule has 0 aliphatic rings. The molecule has 0 saturated heterocycles. The highest BCUT2D eigenvalue weighted by atomic mass is 14.6. The van der Waals surface area contributed by atoms with Crippen LogP contribution < -0.4 is 5.73 Å². The Morgan fingerprint density at radius 3 is 1.75 bits per heavy atom. The first-order chi connectivity index (χ1) is 3.65. The first kappa shape index (κ1) is 10.4. The smallest absolute Gasteiger partial charge is 0.0618 e. The number of nitrogens with zero attached hydrogens (tertiary/aromatic N) is 1. The lowest BCUT2D eigenvalue weighted by atomic mass is 10.5. The molecule has 0 heterocycles. The van der Waals surface area contributed by atoms with Crippen molar-refractivity contribution in [1.82, 2.24) is 0 Å². The predicted octanol–water partition coefficient (Wildman–Crippen LogP) is 1.27. The third-order valence-corrected chi connectivity index (χ3v) is 0.158. The fourth-order valence-electron chi connectivity index (χ4n) is 0. The van der Waals surface area contributed by atoms with Crippen LogP contribution in [-0.2, 0) is 0 Å². The molecule has 2 nitrogen and oxygen atoms in total. The zero-order chi connectivity index (χ0) is 6.99. The van der Waals surface area contributed by atoms with Crippen LogP contribution in [0.15, 0.2) is 0 Å². The van der Waals surface area contributed by atoms with Gasteiger partial charge in [-0.2, -0.15) is 5.26 Å². The van der Waals surface area contributed by atoms with E-state index in [1.54, 1.807) is 0 Å². The average molecular weight is 114 g/mol. The van der Waals surface area contributed by atoms with Gasteiger partial charge < -0.3 is 5.73 Å². The highest BCUT2D eigenvalue weighted by Crippen LogP contribution is 1.58. The molecule has 0 atom stereocenters. The van der Waals surface area contributed by atoms with Gasteiger partial charge in [-0.25, -0.2) is 0 Å². The fourth-order valence-corrected chi connectivity index (χ4v) is 0. The summed E-state index contributed by atoms with van der Waals surface area (Å²) in [6.45, 7) is 5.71. The Kier molecular flexibility index (Phi) is 12.6. The Bertz CT molecular complexity index is 58.7. The van der Waals surface area contributed by atoms with E-state index in [2.05, 4.69) is 0 Å². The highest BCUT2D eigenvalue weighted by molar-refractivity contribution is 4.61. The van der Waals surface area contributed by atoms with Crippen LogP contribution in [0.1, 0.15) is 27.2 Å². The first-order valence-corrected chi connectivity index (χ1v) is 2.77. The topological polar surface area (TPSA) is 49.8 Å². The van der Waals surface area contributed by atoms with Gasteiger partial charge in [-0.15, -0.1) is 0 Å². The predicted molar refractivity (Wildman–Crippen MR) is 35.2 cm³/mol. The molecule has 0 aromatic rings. The second-order valence-corrected chi connectivity index (χ2v) is 1.76. The normalized spacial score (nSPS) is 7.00. The van der Waals surface area contributed by atoms with E-state index in [-0.39, 0.29) is 0 Å². The maximum absolute atomic E-state index is 7.62. The fraction of sp³-hybridized carbons (Fsp3) is 0.833. The summed E-state index contributed by atoms with van der Waals surface area (Å²) in [5.74, 6) is 0. The SMILES string of the molecule is CC(C)N.CCC#N. The molecule has 0 aromatic carbocycles. The third-order valence-electron chi connectivity index (χ3n) is 0.158. The molecule has 0 aliphatic carbocycles. The van der Waals surface area contributed by atoms with Crippen LogP contribution in [0.2, 0.25) is 0 Å². The van der Waals surface area contributed by atoms with Crippen molar-refractivity contribution >= 4 is 0 Å². The summed E-state index contributed by atoms with van der Waals surface area (Å²) in [6.07, 6.45) is 0.625. The van der Waals surface area contributed by atoms with E-state index in [0.29, 0.717) is 12.5 Å². The van der Waals surface area contributed by atoms with Gasteiger partial charge in [0.1, 0.15) is 0 Å². The van der Waals surface area contributed by atoms with Crippen LogP contribution >= 0.6 is 0 Å². The van der Waals surface area contributed by atoms with E-state index < -0.39 is 0 Å². The summed E-state index contributed by atoms with van der Waals surface area (Å²) in [4.78, 5) is 0. The molecule has 0 rings (SSSR count). The van der Waals surface area contributed by atoms with Crippen LogP contribution in [0.4, 0.5) is 0 Å². The molecule has 2 N–H and O–H groups in total. The van der Waals surface area contributed by atoms with Crippen molar-refractivity contribution in [2.45, 2.75) is 33.2 Å². The van der Waals surface area contributed by atoms with Crippen molar-refractivity contribution in [3.8, 4) is 6.07 Å². The Hall–Kier alpha value is -0.550. The van der Waals surface area contributed by atoms with E-state index in [9.17, 15) is 0 Å². The number of nitriles is 1. The van der Waals surface area contributed by atoms with E-state index >= 15 is 0 Å². The van der Waals surface area contributed by atoms with E-state index in [0.717, 1.165) is 0 Å².